The van der Waals surface area contributed by atoms with Gasteiger partial charge in [0.1, 0.15) is 217 Å². The van der Waals surface area contributed by atoms with Gasteiger partial charge in [-0.05, 0) is 0 Å². The van der Waals surface area contributed by atoms with Crippen molar-refractivity contribution in [1.29, 1.82) is 0 Å². The van der Waals surface area contributed by atoms with E-state index in [4.69, 9.17) is 99.5 Å². The van der Waals surface area contributed by atoms with Crippen molar-refractivity contribution in [2.75, 3.05) is 92.5 Å². The first-order valence-corrected chi connectivity index (χ1v) is 31.9. The molecule has 0 spiro atoms. The number of carboxylic acid groups (broad SMARTS) is 7. The molecule has 21 rings (SSSR count). The van der Waals surface area contributed by atoms with E-state index in [2.05, 4.69) is 0 Å². The highest BCUT2D eigenvalue weighted by Crippen LogP contribution is 2.40. The molecule has 0 aromatic heterocycles. The fraction of sp³-hybridized carbons (Fsp3) is 0.875. The molecule has 35 atom stereocenters. The van der Waals surface area contributed by atoms with Crippen LogP contribution in [-0.2, 0) is 133 Å². The number of carbonyl (C=O) groups is 7. The summed E-state index contributed by atoms with van der Waals surface area (Å²) in [5.41, 5.74) is 0. The van der Waals surface area contributed by atoms with Gasteiger partial charge in [-0.2, -0.15) is 0 Å². The summed E-state index contributed by atoms with van der Waals surface area (Å²) in [7, 11) is 0. The third-order valence-electron chi connectivity index (χ3n) is 17.1. The number of hydrogen-bond acceptors (Lipinski definition) is 42. The molecule has 0 aromatic carbocycles. The van der Waals surface area contributed by atoms with E-state index >= 15 is 0 Å². The Bertz CT molecular complexity index is 2300. The molecular formula is C56H84O49. The Morgan fingerprint density at radius 2 is 0.286 bits per heavy atom. The van der Waals surface area contributed by atoms with Crippen LogP contribution in [0.2, 0.25) is 0 Å². The topological polar surface area (TPSA) is 738 Å². The molecule has 21 fully saturated rings. The number of aliphatic hydroxyl groups is 14. The van der Waals surface area contributed by atoms with Crippen LogP contribution in [0.25, 0.3) is 0 Å². The van der Waals surface area contributed by atoms with E-state index in [1.807, 2.05) is 0 Å². The van der Waals surface area contributed by atoms with Crippen molar-refractivity contribution in [2.45, 2.75) is 215 Å². The molecule has 0 saturated carbocycles. The standard InChI is InChI=1S/C56H84O49/c57-22(58)8-85-1-15-43-29(71)36(78)50(92-15)100-44-16(2-86-9-23(59)60)94-52(38(80)31(44)73)102-46-18(4-88-11-25(63)64)96-54(40(82)33(46)75)104-48-20(6-90-13-27(67)68)98-56(42(84)35(48)77)105-49-21(7-91-14-28(69)70)97-55(41(83)34(49)76)103-47-19(5-89-12-26(65)66)95-53(39(81)32(47)74)101-45-17(3-87-10-24(61)62)93-51(99-43)37(79)30(45)72/h15-21,29-56,71-84H,1-14H2,(H,57,58)(H,59,60)(H,61,62)(H,63,64)(H,65,66)(H,67,68)(H,69,70)/t15-,16-,17-,18-,19-,20-,21-,29-,30?,31?,32-,33?,34?,35?,36-,37-,38-,39-,40-,41-,42-,43-,44-,45-,46-,47-,48-,49-,50-,51-,52-,53-,54-,55-,56-/m1/s1. The maximum absolute atomic E-state index is 11.9. The van der Waals surface area contributed by atoms with Gasteiger partial charge in [-0.1, -0.05) is 0 Å². The molecule has 105 heavy (non-hydrogen) atoms. The smallest absolute Gasteiger partial charge is 0.329 e. The van der Waals surface area contributed by atoms with Crippen LogP contribution in [0.1, 0.15) is 0 Å². The quantitative estimate of drug-likeness (QED) is 0.0346. The Kier molecular flexibility index (Phi) is 31.8. The minimum atomic E-state index is -2.47. The Morgan fingerprint density at radius 1 is 0.181 bits per heavy atom. The van der Waals surface area contributed by atoms with E-state index in [-0.39, 0.29) is 0 Å². The second kappa shape index (κ2) is 39.0. The predicted molar refractivity (Wildman–Crippen MR) is 308 cm³/mol. The van der Waals surface area contributed by atoms with Gasteiger partial charge in [0.2, 0.25) is 0 Å². The molecule has 0 amide bonds. The molecule has 21 aliphatic heterocycles. The number of hydrogen-bond donors (Lipinski definition) is 21. The van der Waals surface area contributed by atoms with E-state index in [9.17, 15) is 141 Å². The molecule has 21 heterocycles. The largest absolute Gasteiger partial charge is 0.480 e. The van der Waals surface area contributed by atoms with Crippen LogP contribution in [0.3, 0.4) is 0 Å². The summed E-state index contributed by atoms with van der Waals surface area (Å²) in [4.78, 5) is 81.8. The number of carboxylic acids is 7. The van der Waals surface area contributed by atoms with E-state index in [0.29, 0.717) is 0 Å². The maximum atomic E-state index is 11.9. The molecule has 0 aliphatic carbocycles. The summed E-state index contributed by atoms with van der Waals surface area (Å²) in [5.74, 6) is -11.2. The van der Waals surface area contributed by atoms with Gasteiger partial charge in [0.05, 0.1) is 46.2 Å². The van der Waals surface area contributed by atoms with Gasteiger partial charge in [-0.15, -0.1) is 0 Å². The molecule has 21 N–H and O–H groups in total. The number of aliphatic hydroxyl groups excluding tert-OH is 14. The molecular weight excluding hydrogens is 1460 g/mol. The van der Waals surface area contributed by atoms with Gasteiger partial charge < -0.3 is 207 Å². The summed E-state index contributed by atoms with van der Waals surface area (Å²) in [6, 6.07) is 0. The zero-order valence-electron chi connectivity index (χ0n) is 54.4. The Hall–Kier alpha value is -5.11. The van der Waals surface area contributed by atoms with Gasteiger partial charge in [-0.3, -0.25) is 0 Å². The van der Waals surface area contributed by atoms with E-state index in [1.54, 1.807) is 0 Å². The molecule has 0 radical (unpaired) electrons. The van der Waals surface area contributed by atoms with Crippen LogP contribution >= 0.6 is 0 Å². The van der Waals surface area contributed by atoms with E-state index in [0.717, 1.165) is 0 Å². The van der Waals surface area contributed by atoms with Crippen molar-refractivity contribution in [3.8, 4) is 0 Å². The van der Waals surface area contributed by atoms with Gasteiger partial charge >= 0.3 is 41.8 Å². The Balaban J connectivity index is 1.20. The fourth-order valence-corrected chi connectivity index (χ4v) is 12.2. The van der Waals surface area contributed by atoms with Crippen LogP contribution in [0.4, 0.5) is 0 Å². The van der Waals surface area contributed by atoms with E-state index in [1.165, 1.54) is 0 Å². The van der Waals surface area contributed by atoms with Gasteiger partial charge in [0.25, 0.3) is 0 Å². The second-order valence-corrected chi connectivity index (χ2v) is 24.7. The Labute approximate surface area is 588 Å². The van der Waals surface area contributed by atoms with Crippen molar-refractivity contribution >= 4 is 41.8 Å². The van der Waals surface area contributed by atoms with Gasteiger partial charge in [-0.25, -0.2) is 33.6 Å². The van der Waals surface area contributed by atoms with Gasteiger partial charge in [0.15, 0.2) is 44.0 Å². The zero-order valence-corrected chi connectivity index (χ0v) is 54.4. The molecule has 21 aliphatic rings. The number of aliphatic carboxylic acids is 7. The van der Waals surface area contributed by atoms with Crippen LogP contribution in [0.5, 0.6) is 0 Å². The molecule has 5 unspecified atom stereocenters. The summed E-state index contributed by atoms with van der Waals surface area (Å²) < 4.78 is 119. The summed E-state index contributed by atoms with van der Waals surface area (Å²) in [6.07, 6.45) is -79.3. The average molecular weight is 1540 g/mol. The number of rotatable bonds is 28. The zero-order chi connectivity index (χ0) is 77.0. The first kappa shape index (κ1) is 85.5. The lowest BCUT2D eigenvalue weighted by Crippen LogP contribution is -2.68. The highest BCUT2D eigenvalue weighted by molar-refractivity contribution is 5.69. The van der Waals surface area contributed by atoms with Crippen molar-refractivity contribution in [3.63, 3.8) is 0 Å². The first-order valence-electron chi connectivity index (χ1n) is 31.9. The summed E-state index contributed by atoms with van der Waals surface area (Å²) in [6.45, 7) is -14.7. The van der Waals surface area contributed by atoms with Crippen LogP contribution in [0, 0.1) is 0 Å². The number of ether oxygens (including phenoxy) is 21. The lowest BCUT2D eigenvalue weighted by molar-refractivity contribution is -0.397. The second-order valence-electron chi connectivity index (χ2n) is 24.7. The monoisotopic (exact) mass is 1540 g/mol. The maximum Gasteiger partial charge on any atom is 0.329 e. The lowest BCUT2D eigenvalue weighted by Gasteiger charge is -2.50. The molecule has 49 nitrogen and oxygen atoms in total. The normalized spacial score (nSPS) is 43.5. The minimum absolute atomic E-state index is 0.985. The van der Waals surface area contributed by atoms with E-state index < -0.39 is 349 Å². The molecule has 0 aromatic rings. The SMILES string of the molecule is O=C(O)COC[C@H]1O[C@@H]2O[C@H]3C(O)[C@@H](O)[C@H](O[C@@H]3COCC(=O)O)O[C@H]3C(O)[C@@H](O)[C@H](O[C@@H]3COCC(=O)O)O[C@H]3C(O)[C@@H](O)[C@H](O[C@@H]3COCC(=O)O)O[C@H]3C(O)[C@@H](O)[C@@H](O[C@H]4[C@H](O)[C@@H](O)[C@H](O[C@@H]4COCC(=O)O)O[C@H]4C(O)[C@@H](O)[C@@H](O[C@H]1[C@H](O)[C@H]2O)O[C@@H]4COCC(=O)O)O[C@@H]3COCC(=O)O. The van der Waals surface area contributed by atoms with Crippen LogP contribution in [-0.4, -0.2) is 456 Å². The fourth-order valence-electron chi connectivity index (χ4n) is 12.2. The summed E-state index contributed by atoms with van der Waals surface area (Å²) >= 11 is 0. The highest BCUT2D eigenvalue weighted by Gasteiger charge is 2.60. The van der Waals surface area contributed by atoms with Gasteiger partial charge in [0, 0.05) is 0 Å². The first-order chi connectivity index (χ1) is 49.6. The molecule has 602 valence electrons. The third-order valence-corrected chi connectivity index (χ3v) is 17.1. The lowest BCUT2D eigenvalue weighted by atomic mass is 9.95. The Morgan fingerprint density at radius 3 is 0.381 bits per heavy atom. The minimum Gasteiger partial charge on any atom is -0.480 e. The molecule has 49 heteroatoms. The summed E-state index contributed by atoms with van der Waals surface area (Å²) in [5, 5.41) is 232. The van der Waals surface area contributed by atoms with Crippen molar-refractivity contribution < 1.29 is 240 Å². The van der Waals surface area contributed by atoms with Crippen LogP contribution < -0.4 is 0 Å². The third kappa shape index (κ3) is 22.1. The van der Waals surface area contributed by atoms with Crippen LogP contribution in [0.15, 0.2) is 0 Å². The molecule has 14 bridgehead atoms. The highest BCUT2D eigenvalue weighted by atomic mass is 16.8. The predicted octanol–water partition coefficient (Wildman–Crippen LogP) is -14.5. The van der Waals surface area contributed by atoms with Crippen molar-refractivity contribution in [1.82, 2.24) is 0 Å². The molecule has 21 saturated heterocycles. The average Bonchev–Trinajstić information content (AvgIpc) is 0.791. The van der Waals surface area contributed by atoms with Crippen molar-refractivity contribution in [3.05, 3.63) is 0 Å². The van der Waals surface area contributed by atoms with Crippen molar-refractivity contribution in [2.24, 2.45) is 0 Å².